The minimum atomic E-state index is 0.553. The monoisotopic (exact) mass is 166 g/mol. The molecule has 1 aliphatic rings. The van der Waals surface area contributed by atoms with Gasteiger partial charge in [0.1, 0.15) is 0 Å². The van der Waals surface area contributed by atoms with E-state index in [1.165, 1.54) is 0 Å². The maximum absolute atomic E-state index is 5.37. The van der Waals surface area contributed by atoms with E-state index in [9.17, 15) is 0 Å². The zero-order valence-electron chi connectivity index (χ0n) is 7.07. The number of fused-ring (bicyclic) bond motifs is 1. The van der Waals surface area contributed by atoms with Gasteiger partial charge in [-0.15, -0.1) is 0 Å². The van der Waals surface area contributed by atoms with Gasteiger partial charge in [-0.25, -0.2) is 4.98 Å². The van der Waals surface area contributed by atoms with Crippen LogP contribution in [0.4, 0.5) is 5.69 Å². The first-order valence-corrected chi connectivity index (χ1v) is 3.70. The van der Waals surface area contributed by atoms with Gasteiger partial charge in [0, 0.05) is 13.2 Å². The summed E-state index contributed by atoms with van der Waals surface area (Å²) in [5, 5.41) is 0. The summed E-state index contributed by atoms with van der Waals surface area (Å²) in [4.78, 5) is 6.03. The van der Waals surface area contributed by atoms with Crippen molar-refractivity contribution in [3.05, 3.63) is 12.3 Å². The number of aromatic nitrogens is 1. The third-order valence-corrected chi connectivity index (χ3v) is 1.86. The maximum Gasteiger partial charge on any atom is 0.259 e. The van der Waals surface area contributed by atoms with E-state index in [2.05, 4.69) is 4.98 Å². The first-order chi connectivity index (χ1) is 5.83. The van der Waals surface area contributed by atoms with Crippen LogP contribution in [0.15, 0.2) is 12.3 Å². The summed E-state index contributed by atoms with van der Waals surface area (Å²) in [6, 6.07) is 1.91. The minimum Gasteiger partial charge on any atom is -0.478 e. The molecule has 0 fully saturated rings. The van der Waals surface area contributed by atoms with Crippen LogP contribution in [0.1, 0.15) is 0 Å². The average molecular weight is 166 g/mol. The topological polar surface area (TPSA) is 34.6 Å². The third-order valence-electron chi connectivity index (χ3n) is 1.86. The zero-order valence-corrected chi connectivity index (χ0v) is 7.07. The van der Waals surface area contributed by atoms with Crippen molar-refractivity contribution < 1.29 is 9.47 Å². The van der Waals surface area contributed by atoms with E-state index in [1.807, 2.05) is 18.0 Å². The molecule has 64 valence electrons. The van der Waals surface area contributed by atoms with Crippen LogP contribution in [0.3, 0.4) is 0 Å². The molecule has 2 heterocycles. The summed E-state index contributed by atoms with van der Waals surface area (Å²) in [5.41, 5.74) is 1.03. The molecule has 0 aliphatic carbocycles. The molecule has 0 N–H and O–H groups in total. The Morgan fingerprint density at radius 2 is 2.50 bits per heavy atom. The molecule has 1 aromatic heterocycles. The van der Waals surface area contributed by atoms with Crippen LogP contribution in [-0.4, -0.2) is 25.9 Å². The molecular weight excluding hydrogens is 156 g/mol. The predicted octanol–water partition coefficient (Wildman–Crippen LogP) is 0.876. The lowest BCUT2D eigenvalue weighted by Gasteiger charge is -2.06. The van der Waals surface area contributed by atoms with Crippen molar-refractivity contribution in [2.75, 3.05) is 25.8 Å². The molecule has 0 saturated carbocycles. The second-order valence-corrected chi connectivity index (χ2v) is 2.64. The summed E-state index contributed by atoms with van der Waals surface area (Å²) in [6.45, 7) is 0.567. The molecule has 1 aromatic rings. The number of hydrogen-bond donors (Lipinski definition) is 0. The highest BCUT2D eigenvalue weighted by atomic mass is 16.5. The summed E-state index contributed by atoms with van der Waals surface area (Å²) >= 11 is 0. The van der Waals surface area contributed by atoms with Gasteiger partial charge < -0.3 is 14.4 Å². The van der Waals surface area contributed by atoms with Crippen molar-refractivity contribution in [1.29, 1.82) is 0 Å². The quantitative estimate of drug-likeness (QED) is 0.620. The molecule has 0 radical (unpaired) electrons. The Hall–Kier alpha value is -1.45. The Labute approximate surface area is 70.7 Å². The van der Waals surface area contributed by atoms with Gasteiger partial charge in [-0.3, -0.25) is 0 Å². The van der Waals surface area contributed by atoms with E-state index in [1.54, 1.807) is 13.3 Å². The van der Waals surface area contributed by atoms with Crippen molar-refractivity contribution in [1.82, 2.24) is 4.98 Å². The number of nitrogens with zero attached hydrogens (tertiary/aromatic N) is 2. The van der Waals surface area contributed by atoms with E-state index in [0.717, 1.165) is 11.4 Å². The lowest BCUT2D eigenvalue weighted by atomic mass is 10.3. The Morgan fingerprint density at radius 1 is 1.67 bits per heavy atom. The fourth-order valence-corrected chi connectivity index (χ4v) is 1.23. The molecule has 2 rings (SSSR count). The second kappa shape index (κ2) is 2.55. The van der Waals surface area contributed by atoms with E-state index in [-0.39, 0.29) is 0 Å². The minimum absolute atomic E-state index is 0.553. The van der Waals surface area contributed by atoms with Crippen molar-refractivity contribution in [2.24, 2.45) is 0 Å². The summed E-state index contributed by atoms with van der Waals surface area (Å²) in [7, 11) is 3.55. The average Bonchev–Trinajstić information content (AvgIpc) is 2.48. The van der Waals surface area contributed by atoms with Crippen LogP contribution in [0.25, 0.3) is 0 Å². The number of ether oxygens (including phenoxy) is 2. The van der Waals surface area contributed by atoms with Gasteiger partial charge in [-0.05, 0) is 6.07 Å². The fourth-order valence-electron chi connectivity index (χ4n) is 1.23. The standard InChI is InChI=1S/C8H10N2O2/c1-10-5-12-7-6(10)3-4-9-8(7)11-2/h3-4H,5H2,1-2H3. The van der Waals surface area contributed by atoms with Gasteiger partial charge in [-0.1, -0.05) is 0 Å². The van der Waals surface area contributed by atoms with E-state index < -0.39 is 0 Å². The summed E-state index contributed by atoms with van der Waals surface area (Å²) in [6.07, 6.45) is 1.71. The van der Waals surface area contributed by atoms with Crippen LogP contribution in [0.2, 0.25) is 0 Å². The number of hydrogen-bond acceptors (Lipinski definition) is 4. The second-order valence-electron chi connectivity index (χ2n) is 2.64. The van der Waals surface area contributed by atoms with Crippen molar-refractivity contribution in [3.8, 4) is 11.6 Å². The number of rotatable bonds is 1. The largest absolute Gasteiger partial charge is 0.478 e. The Bertz CT molecular complexity index is 301. The van der Waals surface area contributed by atoms with Crippen molar-refractivity contribution in [3.63, 3.8) is 0 Å². The van der Waals surface area contributed by atoms with Crippen LogP contribution in [0.5, 0.6) is 11.6 Å². The van der Waals surface area contributed by atoms with Gasteiger partial charge in [0.2, 0.25) is 5.75 Å². The van der Waals surface area contributed by atoms with Crippen LogP contribution in [0, 0.1) is 0 Å². The van der Waals surface area contributed by atoms with Crippen LogP contribution in [-0.2, 0) is 0 Å². The van der Waals surface area contributed by atoms with E-state index in [0.29, 0.717) is 12.6 Å². The van der Waals surface area contributed by atoms with Crippen LogP contribution < -0.4 is 14.4 Å². The number of anilines is 1. The molecule has 0 atom stereocenters. The van der Waals surface area contributed by atoms with Gasteiger partial charge >= 0.3 is 0 Å². The van der Waals surface area contributed by atoms with E-state index in [4.69, 9.17) is 9.47 Å². The summed E-state index contributed by atoms with van der Waals surface area (Å²) < 4.78 is 10.4. The van der Waals surface area contributed by atoms with Crippen molar-refractivity contribution in [2.45, 2.75) is 0 Å². The number of pyridine rings is 1. The van der Waals surface area contributed by atoms with Crippen molar-refractivity contribution >= 4 is 5.69 Å². The first-order valence-electron chi connectivity index (χ1n) is 3.70. The van der Waals surface area contributed by atoms with Gasteiger partial charge in [0.15, 0.2) is 6.73 Å². The molecule has 0 saturated heterocycles. The molecule has 0 unspecified atom stereocenters. The molecule has 1 aliphatic heterocycles. The third kappa shape index (κ3) is 0.879. The predicted molar refractivity (Wildman–Crippen MR) is 44.7 cm³/mol. The maximum atomic E-state index is 5.37. The smallest absolute Gasteiger partial charge is 0.259 e. The Morgan fingerprint density at radius 3 is 3.25 bits per heavy atom. The molecule has 0 spiro atoms. The molecule has 0 amide bonds. The molecule has 0 aromatic carbocycles. The molecule has 4 heteroatoms. The van der Waals surface area contributed by atoms with Gasteiger partial charge in [0.05, 0.1) is 12.8 Å². The van der Waals surface area contributed by atoms with Gasteiger partial charge in [-0.2, -0.15) is 0 Å². The normalized spacial score (nSPS) is 14.0. The molecule has 12 heavy (non-hydrogen) atoms. The fraction of sp³-hybridized carbons (Fsp3) is 0.375. The highest BCUT2D eigenvalue weighted by Crippen LogP contribution is 2.38. The lowest BCUT2D eigenvalue weighted by Crippen LogP contribution is -2.14. The zero-order chi connectivity index (χ0) is 8.55. The Kier molecular flexibility index (Phi) is 1.53. The first kappa shape index (κ1) is 7.21. The highest BCUT2D eigenvalue weighted by molar-refractivity contribution is 5.64. The SMILES string of the molecule is COc1nccc2c1OCN2C. The lowest BCUT2D eigenvalue weighted by molar-refractivity contribution is 0.317. The van der Waals surface area contributed by atoms with Gasteiger partial charge in [0.25, 0.3) is 5.88 Å². The summed E-state index contributed by atoms with van der Waals surface area (Å²) in [5.74, 6) is 1.29. The molecule has 0 bridgehead atoms. The van der Waals surface area contributed by atoms with E-state index >= 15 is 0 Å². The Balaban J connectivity index is 2.50. The van der Waals surface area contributed by atoms with Crippen LogP contribution >= 0.6 is 0 Å². The molecular formula is C8H10N2O2. The molecule has 4 nitrogen and oxygen atoms in total. The highest BCUT2D eigenvalue weighted by Gasteiger charge is 2.21. The number of methoxy groups -OCH3 is 1.